The van der Waals surface area contributed by atoms with Gasteiger partial charge in [-0.15, -0.1) is 23.4 Å². The van der Waals surface area contributed by atoms with Gasteiger partial charge >= 0.3 is 6.36 Å². The lowest BCUT2D eigenvalue weighted by molar-refractivity contribution is -0.274. The predicted molar refractivity (Wildman–Crippen MR) is 108 cm³/mol. The molecule has 0 bridgehead atoms. The third kappa shape index (κ3) is 4.04. The summed E-state index contributed by atoms with van der Waals surface area (Å²) >= 11 is 0. The van der Waals surface area contributed by atoms with E-state index < -0.39 is 6.36 Å². The van der Waals surface area contributed by atoms with Crippen molar-refractivity contribution in [1.29, 1.82) is 0 Å². The molecule has 31 heavy (non-hydrogen) atoms. The molecule has 1 aliphatic rings. The highest BCUT2D eigenvalue weighted by molar-refractivity contribution is 5.86. The minimum atomic E-state index is -4.81. The predicted octanol–water partition coefficient (Wildman–Crippen LogP) is 3.38. The highest BCUT2D eigenvalue weighted by Gasteiger charge is 2.32. The molecular weight excluding hydrogens is 409 g/mol. The van der Waals surface area contributed by atoms with Crippen LogP contribution in [0.15, 0.2) is 48.7 Å². The number of nitrogens with two attached hydrogens (primary N) is 1. The van der Waals surface area contributed by atoms with Crippen molar-refractivity contribution in [3.8, 4) is 17.3 Å². The molecule has 0 saturated carbocycles. The lowest BCUT2D eigenvalue weighted by atomic mass is 10.2. The average molecular weight is 428 g/mol. The molecule has 2 N–H and O–H groups in total. The Morgan fingerprint density at radius 1 is 1.10 bits per heavy atom. The number of fused-ring (bicyclic) bond motifs is 2. The molecule has 5 rings (SSSR count). The second-order valence-corrected chi connectivity index (χ2v) is 7.65. The van der Waals surface area contributed by atoms with E-state index in [0.29, 0.717) is 22.6 Å². The third-order valence-electron chi connectivity index (χ3n) is 5.32. The van der Waals surface area contributed by atoms with Crippen LogP contribution in [-0.2, 0) is 6.54 Å². The average Bonchev–Trinajstić information content (AvgIpc) is 3.32. The summed E-state index contributed by atoms with van der Waals surface area (Å²) in [6.45, 7) is 2.54. The van der Waals surface area contributed by atoms with Gasteiger partial charge in [-0.05, 0) is 30.2 Å². The number of hydrogen-bond donors (Lipinski definition) is 1. The Kier molecular flexibility index (Phi) is 4.75. The van der Waals surface area contributed by atoms with Crippen molar-refractivity contribution in [3.63, 3.8) is 0 Å². The first-order valence-electron chi connectivity index (χ1n) is 9.83. The number of nitrogens with zero attached hydrogens (tertiary/aromatic N) is 5. The Morgan fingerprint density at radius 3 is 2.74 bits per heavy atom. The van der Waals surface area contributed by atoms with Crippen LogP contribution in [0.3, 0.4) is 0 Å². The highest BCUT2D eigenvalue weighted by Crippen LogP contribution is 2.31. The molecule has 1 aliphatic heterocycles. The molecule has 4 heterocycles. The third-order valence-corrected chi connectivity index (χ3v) is 5.32. The SMILES string of the molecule is NC1CCN(Cc2ccc3nnc(-c4ccc5cccc(OC(F)(F)F)c5n4)n3c2)C1. The normalized spacial score (nSPS) is 17.6. The van der Waals surface area contributed by atoms with Gasteiger partial charge in [0.25, 0.3) is 0 Å². The van der Waals surface area contributed by atoms with Crippen molar-refractivity contribution in [2.45, 2.75) is 25.4 Å². The summed E-state index contributed by atoms with van der Waals surface area (Å²) in [5, 5.41) is 8.92. The number of hydrogen-bond acceptors (Lipinski definition) is 6. The first-order chi connectivity index (χ1) is 14.9. The zero-order chi connectivity index (χ0) is 21.6. The van der Waals surface area contributed by atoms with Crippen molar-refractivity contribution in [3.05, 3.63) is 54.2 Å². The number of alkyl halides is 3. The van der Waals surface area contributed by atoms with E-state index in [-0.39, 0.29) is 17.3 Å². The summed E-state index contributed by atoms with van der Waals surface area (Å²) in [5.41, 5.74) is 8.19. The van der Waals surface area contributed by atoms with Gasteiger partial charge in [0, 0.05) is 37.3 Å². The van der Waals surface area contributed by atoms with Gasteiger partial charge in [-0.2, -0.15) is 0 Å². The minimum absolute atomic E-state index is 0.108. The first-order valence-corrected chi connectivity index (χ1v) is 9.83. The minimum Gasteiger partial charge on any atom is -0.403 e. The second-order valence-electron chi connectivity index (χ2n) is 7.65. The number of likely N-dealkylation sites (tertiary alicyclic amines) is 1. The summed E-state index contributed by atoms with van der Waals surface area (Å²) in [6.07, 6.45) is -1.90. The van der Waals surface area contributed by atoms with Gasteiger partial charge in [0.2, 0.25) is 0 Å². The van der Waals surface area contributed by atoms with E-state index in [1.807, 2.05) is 18.3 Å². The molecule has 3 aromatic heterocycles. The number of para-hydroxylation sites is 1. The smallest absolute Gasteiger partial charge is 0.403 e. The van der Waals surface area contributed by atoms with Gasteiger partial charge in [0.05, 0.1) is 0 Å². The molecule has 4 aromatic rings. The van der Waals surface area contributed by atoms with E-state index in [2.05, 4.69) is 24.8 Å². The second kappa shape index (κ2) is 7.47. The zero-order valence-electron chi connectivity index (χ0n) is 16.4. The van der Waals surface area contributed by atoms with Crippen LogP contribution in [-0.4, -0.2) is 50.0 Å². The van der Waals surface area contributed by atoms with Crippen LogP contribution in [0.2, 0.25) is 0 Å². The summed E-state index contributed by atoms with van der Waals surface area (Å²) < 4.78 is 44.4. The van der Waals surface area contributed by atoms with Crippen molar-refractivity contribution in [2.24, 2.45) is 5.73 Å². The molecule has 0 amide bonds. The standard InChI is InChI=1S/C21H19F3N6O/c22-21(23,24)31-17-3-1-2-14-5-6-16(26-19(14)17)20-28-27-18-7-4-13(11-30(18)20)10-29-9-8-15(25)12-29/h1-7,11,15H,8-10,12,25H2. The maximum Gasteiger partial charge on any atom is 0.573 e. The van der Waals surface area contributed by atoms with Crippen LogP contribution in [0.5, 0.6) is 5.75 Å². The Bertz CT molecular complexity index is 1260. The summed E-state index contributed by atoms with van der Waals surface area (Å²) in [6, 6.07) is 11.9. The Labute approximate surface area is 175 Å². The Balaban J connectivity index is 1.54. The fourth-order valence-corrected chi connectivity index (χ4v) is 3.92. The quantitative estimate of drug-likeness (QED) is 0.537. The van der Waals surface area contributed by atoms with Crippen molar-refractivity contribution < 1.29 is 17.9 Å². The van der Waals surface area contributed by atoms with Crippen LogP contribution in [0.4, 0.5) is 13.2 Å². The van der Waals surface area contributed by atoms with Crippen LogP contribution in [0.1, 0.15) is 12.0 Å². The molecule has 1 saturated heterocycles. The van der Waals surface area contributed by atoms with Gasteiger partial charge in [-0.3, -0.25) is 9.30 Å². The van der Waals surface area contributed by atoms with Crippen LogP contribution < -0.4 is 10.5 Å². The van der Waals surface area contributed by atoms with Gasteiger partial charge in [0.15, 0.2) is 17.2 Å². The fourth-order valence-electron chi connectivity index (χ4n) is 3.92. The zero-order valence-corrected chi connectivity index (χ0v) is 16.4. The molecular formula is C21H19F3N6O. The molecule has 1 unspecified atom stereocenters. The summed E-state index contributed by atoms with van der Waals surface area (Å²) in [5.74, 6) is 0.0883. The fraction of sp³-hybridized carbons (Fsp3) is 0.286. The largest absolute Gasteiger partial charge is 0.573 e. The number of ether oxygens (including phenoxy) is 1. The van der Waals surface area contributed by atoms with Crippen molar-refractivity contribution in [1.82, 2.24) is 24.5 Å². The van der Waals surface area contributed by atoms with Gasteiger partial charge in [0.1, 0.15) is 11.2 Å². The Hall–Kier alpha value is -3.24. The molecule has 0 aliphatic carbocycles. The maximum absolute atomic E-state index is 12.8. The van der Waals surface area contributed by atoms with E-state index in [4.69, 9.17) is 5.73 Å². The molecule has 10 heteroatoms. The number of halogens is 3. The molecule has 1 aromatic carbocycles. The topological polar surface area (TPSA) is 81.6 Å². The lowest BCUT2D eigenvalue weighted by Crippen LogP contribution is -2.26. The molecule has 1 fully saturated rings. The number of pyridine rings is 2. The lowest BCUT2D eigenvalue weighted by Gasteiger charge is -2.15. The van der Waals surface area contributed by atoms with Crippen LogP contribution in [0, 0.1) is 0 Å². The van der Waals surface area contributed by atoms with Crippen LogP contribution >= 0.6 is 0 Å². The van der Waals surface area contributed by atoms with Crippen molar-refractivity contribution in [2.75, 3.05) is 13.1 Å². The number of aromatic nitrogens is 4. The molecule has 160 valence electrons. The van der Waals surface area contributed by atoms with E-state index >= 15 is 0 Å². The summed E-state index contributed by atoms with van der Waals surface area (Å²) in [7, 11) is 0. The van der Waals surface area contributed by atoms with E-state index in [9.17, 15) is 13.2 Å². The monoisotopic (exact) mass is 428 g/mol. The first kappa shape index (κ1) is 19.7. The van der Waals surface area contributed by atoms with Gasteiger partial charge in [-0.25, -0.2) is 4.98 Å². The molecule has 0 radical (unpaired) electrons. The highest BCUT2D eigenvalue weighted by atomic mass is 19.4. The van der Waals surface area contributed by atoms with Crippen LogP contribution in [0.25, 0.3) is 28.1 Å². The van der Waals surface area contributed by atoms with Gasteiger partial charge < -0.3 is 10.5 Å². The molecule has 7 nitrogen and oxygen atoms in total. The van der Waals surface area contributed by atoms with Gasteiger partial charge in [-0.1, -0.05) is 24.3 Å². The molecule has 0 spiro atoms. The van der Waals surface area contributed by atoms with E-state index in [1.165, 1.54) is 12.1 Å². The number of rotatable bonds is 4. The van der Waals surface area contributed by atoms with E-state index in [1.54, 1.807) is 22.6 Å². The summed E-state index contributed by atoms with van der Waals surface area (Å²) in [4.78, 5) is 6.70. The number of benzene rings is 1. The Morgan fingerprint density at radius 2 is 1.97 bits per heavy atom. The van der Waals surface area contributed by atoms with Crippen molar-refractivity contribution >= 4 is 16.6 Å². The van der Waals surface area contributed by atoms with E-state index in [0.717, 1.165) is 31.6 Å². The molecule has 1 atom stereocenters. The maximum atomic E-state index is 12.8.